The van der Waals surface area contributed by atoms with E-state index in [1.165, 1.54) is 17.9 Å². The Kier molecular flexibility index (Phi) is 4.37. The van der Waals surface area contributed by atoms with Crippen molar-refractivity contribution >= 4 is 17.7 Å². The number of hydrogen-bond acceptors (Lipinski definition) is 3. The van der Waals surface area contributed by atoms with E-state index in [1.807, 2.05) is 0 Å². The first-order valence-corrected chi connectivity index (χ1v) is 6.25. The highest BCUT2D eigenvalue weighted by atomic mass is 16.4. The van der Waals surface area contributed by atoms with Gasteiger partial charge in [0.25, 0.3) is 5.91 Å². The Bertz CT molecular complexity index is 552. The van der Waals surface area contributed by atoms with E-state index in [0.717, 1.165) is 0 Å². The number of carboxylic acids is 1. The van der Waals surface area contributed by atoms with Crippen molar-refractivity contribution in [1.29, 1.82) is 0 Å². The van der Waals surface area contributed by atoms with E-state index in [4.69, 9.17) is 5.11 Å². The number of ketones is 1. The molecule has 0 saturated carbocycles. The minimum absolute atomic E-state index is 0.139. The highest BCUT2D eigenvalue weighted by Gasteiger charge is 2.30. The maximum absolute atomic E-state index is 12.5. The van der Waals surface area contributed by atoms with Crippen LogP contribution in [0.5, 0.6) is 0 Å². The van der Waals surface area contributed by atoms with E-state index in [0.29, 0.717) is 11.3 Å². The van der Waals surface area contributed by atoms with Crippen molar-refractivity contribution in [3.63, 3.8) is 0 Å². The second-order valence-corrected chi connectivity index (χ2v) is 5.74. The van der Waals surface area contributed by atoms with Crippen LogP contribution in [0.4, 0.5) is 0 Å². The van der Waals surface area contributed by atoms with Crippen LogP contribution in [0.1, 0.15) is 48.5 Å². The summed E-state index contributed by atoms with van der Waals surface area (Å²) >= 11 is 0. The fourth-order valence-corrected chi connectivity index (χ4v) is 1.86. The number of amides is 1. The van der Waals surface area contributed by atoms with E-state index in [1.54, 1.807) is 38.6 Å². The predicted octanol–water partition coefficient (Wildman–Crippen LogP) is 1.55. The quantitative estimate of drug-likeness (QED) is 0.849. The standard InChI is InChI=1S/C14H20N2O4/c1-9(17)10-6-11(15(5)7-10)13(20)16(8-12(18)19)14(2,3)4/h6-7H,8H2,1-5H3,(H,18,19). The lowest BCUT2D eigenvalue weighted by atomic mass is 10.1. The first-order chi connectivity index (χ1) is 9.04. The predicted molar refractivity (Wildman–Crippen MR) is 73.8 cm³/mol. The molecule has 0 fully saturated rings. The highest BCUT2D eigenvalue weighted by molar-refractivity contribution is 6.00. The number of aliphatic carboxylic acids is 1. The molecule has 1 aromatic rings. The van der Waals surface area contributed by atoms with Gasteiger partial charge in [0.15, 0.2) is 5.78 Å². The summed E-state index contributed by atoms with van der Waals surface area (Å²) < 4.78 is 1.54. The number of Topliss-reactive ketones (excluding diaryl/α,β-unsaturated/α-hetero) is 1. The van der Waals surface area contributed by atoms with Gasteiger partial charge in [0.05, 0.1) is 0 Å². The summed E-state index contributed by atoms with van der Waals surface area (Å²) in [7, 11) is 1.65. The SMILES string of the molecule is CC(=O)c1cc(C(=O)N(CC(=O)O)C(C)(C)C)n(C)c1. The Hall–Kier alpha value is -2.11. The summed E-state index contributed by atoms with van der Waals surface area (Å²) in [5, 5.41) is 8.95. The van der Waals surface area contributed by atoms with Crippen LogP contribution in [0.25, 0.3) is 0 Å². The van der Waals surface area contributed by atoms with Crippen LogP contribution in [0.15, 0.2) is 12.3 Å². The molecule has 0 aromatic carbocycles. The number of aryl methyl sites for hydroxylation is 1. The molecular weight excluding hydrogens is 260 g/mol. The molecule has 6 heteroatoms. The third kappa shape index (κ3) is 3.46. The van der Waals surface area contributed by atoms with Crippen molar-refractivity contribution in [3.8, 4) is 0 Å². The Morgan fingerprint density at radius 1 is 1.30 bits per heavy atom. The minimum atomic E-state index is -1.07. The van der Waals surface area contributed by atoms with Gasteiger partial charge in [-0.25, -0.2) is 0 Å². The number of carboxylic acid groups (broad SMARTS) is 1. The Morgan fingerprint density at radius 2 is 1.85 bits per heavy atom. The van der Waals surface area contributed by atoms with Crippen molar-refractivity contribution in [2.75, 3.05) is 6.54 Å². The molecule has 1 heterocycles. The van der Waals surface area contributed by atoms with Crippen LogP contribution in [0.3, 0.4) is 0 Å². The van der Waals surface area contributed by atoms with Crippen LogP contribution in [-0.2, 0) is 11.8 Å². The van der Waals surface area contributed by atoms with Gasteiger partial charge in [-0.2, -0.15) is 0 Å². The molecule has 6 nitrogen and oxygen atoms in total. The fraction of sp³-hybridized carbons (Fsp3) is 0.500. The van der Waals surface area contributed by atoms with E-state index < -0.39 is 17.4 Å². The van der Waals surface area contributed by atoms with Gasteiger partial charge in [-0.1, -0.05) is 0 Å². The van der Waals surface area contributed by atoms with Crippen LogP contribution < -0.4 is 0 Å². The van der Waals surface area contributed by atoms with E-state index in [-0.39, 0.29) is 12.3 Å². The summed E-state index contributed by atoms with van der Waals surface area (Å²) in [6.07, 6.45) is 1.57. The number of nitrogens with zero attached hydrogens (tertiary/aromatic N) is 2. The third-order valence-electron chi connectivity index (χ3n) is 2.98. The van der Waals surface area contributed by atoms with Crippen molar-refractivity contribution in [2.45, 2.75) is 33.2 Å². The van der Waals surface area contributed by atoms with Gasteiger partial charge in [0.1, 0.15) is 12.2 Å². The van der Waals surface area contributed by atoms with Gasteiger partial charge in [-0.3, -0.25) is 14.4 Å². The Labute approximate surface area is 118 Å². The van der Waals surface area contributed by atoms with E-state index in [2.05, 4.69) is 0 Å². The molecule has 1 amide bonds. The number of carbonyl (C=O) groups excluding carboxylic acids is 2. The normalized spacial score (nSPS) is 11.2. The molecule has 1 rings (SSSR count). The van der Waals surface area contributed by atoms with Gasteiger partial charge in [0, 0.05) is 24.3 Å². The summed E-state index contributed by atoms with van der Waals surface area (Å²) in [6, 6.07) is 1.49. The van der Waals surface area contributed by atoms with Gasteiger partial charge in [0.2, 0.25) is 0 Å². The zero-order chi connectivity index (χ0) is 15.7. The number of carbonyl (C=O) groups is 3. The number of rotatable bonds is 4. The molecule has 1 N–H and O–H groups in total. The molecule has 110 valence electrons. The molecule has 0 atom stereocenters. The first kappa shape index (κ1) is 15.9. The molecule has 0 aliphatic rings. The largest absolute Gasteiger partial charge is 0.480 e. The topological polar surface area (TPSA) is 79.6 Å². The van der Waals surface area contributed by atoms with Crippen LogP contribution in [0.2, 0.25) is 0 Å². The Balaban J connectivity index is 3.19. The molecule has 0 unspecified atom stereocenters. The lowest BCUT2D eigenvalue weighted by Crippen LogP contribution is -2.48. The first-order valence-electron chi connectivity index (χ1n) is 6.25. The van der Waals surface area contributed by atoms with Gasteiger partial charge in [-0.05, 0) is 33.8 Å². The maximum Gasteiger partial charge on any atom is 0.323 e. The monoisotopic (exact) mass is 280 g/mol. The lowest BCUT2D eigenvalue weighted by molar-refractivity contribution is -0.138. The molecular formula is C14H20N2O4. The third-order valence-corrected chi connectivity index (χ3v) is 2.98. The average Bonchev–Trinajstić information content (AvgIpc) is 2.66. The van der Waals surface area contributed by atoms with Crippen LogP contribution >= 0.6 is 0 Å². The second kappa shape index (κ2) is 5.48. The van der Waals surface area contributed by atoms with Gasteiger partial charge < -0.3 is 14.6 Å². The van der Waals surface area contributed by atoms with E-state index >= 15 is 0 Å². The van der Waals surface area contributed by atoms with Crippen molar-refractivity contribution < 1.29 is 19.5 Å². The summed E-state index contributed by atoms with van der Waals surface area (Å²) in [5.74, 6) is -1.62. The van der Waals surface area contributed by atoms with Crippen molar-refractivity contribution in [3.05, 3.63) is 23.5 Å². The number of aromatic nitrogens is 1. The average molecular weight is 280 g/mol. The molecule has 0 saturated heterocycles. The van der Waals surface area contributed by atoms with Gasteiger partial charge >= 0.3 is 5.97 Å². The maximum atomic E-state index is 12.5. The molecule has 20 heavy (non-hydrogen) atoms. The van der Waals surface area contributed by atoms with Crippen LogP contribution in [-0.4, -0.2) is 44.3 Å². The molecule has 0 bridgehead atoms. The molecule has 0 radical (unpaired) electrons. The molecule has 1 aromatic heterocycles. The van der Waals surface area contributed by atoms with Crippen molar-refractivity contribution in [2.24, 2.45) is 7.05 Å². The Morgan fingerprint density at radius 3 is 2.20 bits per heavy atom. The second-order valence-electron chi connectivity index (χ2n) is 5.74. The highest BCUT2D eigenvalue weighted by Crippen LogP contribution is 2.18. The minimum Gasteiger partial charge on any atom is -0.480 e. The lowest BCUT2D eigenvalue weighted by Gasteiger charge is -2.34. The van der Waals surface area contributed by atoms with E-state index in [9.17, 15) is 14.4 Å². The molecule has 0 spiro atoms. The molecule has 0 aliphatic heterocycles. The zero-order valence-electron chi connectivity index (χ0n) is 12.4. The fourth-order valence-electron chi connectivity index (χ4n) is 1.86. The summed E-state index contributed by atoms with van der Waals surface area (Å²) in [6.45, 7) is 6.33. The number of hydrogen-bond donors (Lipinski definition) is 1. The zero-order valence-corrected chi connectivity index (χ0v) is 12.4. The summed E-state index contributed by atoms with van der Waals surface area (Å²) in [5.41, 5.74) is 0.0993. The summed E-state index contributed by atoms with van der Waals surface area (Å²) in [4.78, 5) is 36.1. The molecule has 0 aliphatic carbocycles. The van der Waals surface area contributed by atoms with Crippen molar-refractivity contribution in [1.82, 2.24) is 9.47 Å². The smallest absolute Gasteiger partial charge is 0.323 e. The van der Waals surface area contributed by atoms with Gasteiger partial charge in [-0.15, -0.1) is 0 Å². The van der Waals surface area contributed by atoms with Crippen LogP contribution in [0, 0.1) is 0 Å².